The zero-order valence-electron chi connectivity index (χ0n) is 14.2. The van der Waals surface area contributed by atoms with Crippen molar-refractivity contribution in [2.45, 2.75) is 31.9 Å². The van der Waals surface area contributed by atoms with Gasteiger partial charge in [-0.15, -0.1) is 0 Å². The summed E-state index contributed by atoms with van der Waals surface area (Å²) in [7, 11) is 1.86. The van der Waals surface area contributed by atoms with E-state index >= 15 is 0 Å². The van der Waals surface area contributed by atoms with Gasteiger partial charge in [-0.1, -0.05) is 24.9 Å². The Labute approximate surface area is 148 Å². The van der Waals surface area contributed by atoms with Crippen LogP contribution in [-0.4, -0.2) is 61.1 Å². The maximum atomic E-state index is 12.7. The van der Waals surface area contributed by atoms with Crippen LogP contribution in [0.4, 0.5) is 0 Å². The number of hydrogen-bond acceptors (Lipinski definition) is 4. The van der Waals surface area contributed by atoms with E-state index in [0.29, 0.717) is 10.6 Å². The molecule has 0 spiro atoms. The second-order valence-corrected chi connectivity index (χ2v) is 6.61. The number of carbonyl (C=O) groups excluding carboxylic acids is 1. The lowest BCUT2D eigenvalue weighted by Crippen LogP contribution is -2.56. The van der Waals surface area contributed by atoms with E-state index in [4.69, 9.17) is 21.6 Å². The quantitative estimate of drug-likeness (QED) is 0.724. The number of hydrogen-bond donors (Lipinski definition) is 0. The first-order valence-corrected chi connectivity index (χ1v) is 8.66. The number of likely N-dealkylation sites (N-methyl/N-ethyl adjacent to an activating group) is 1. The van der Waals surface area contributed by atoms with E-state index < -0.39 is 0 Å². The summed E-state index contributed by atoms with van der Waals surface area (Å²) in [6.45, 7) is 4.75. The first-order valence-electron chi connectivity index (χ1n) is 8.28. The van der Waals surface area contributed by atoms with E-state index in [1.165, 1.54) is 0 Å². The Morgan fingerprint density at radius 3 is 2.71 bits per heavy atom. The van der Waals surface area contributed by atoms with Crippen LogP contribution in [0.1, 0.15) is 30.1 Å². The Morgan fingerprint density at radius 2 is 2.12 bits per heavy atom. The Bertz CT molecular complexity index is 579. The van der Waals surface area contributed by atoms with Crippen LogP contribution < -0.4 is 0 Å². The number of carbonyl (C=O) groups is 1. The Kier molecular flexibility index (Phi) is 7.04. The number of rotatable bonds is 8. The predicted molar refractivity (Wildman–Crippen MR) is 94.0 cm³/mol. The average molecular weight is 350 g/mol. The van der Waals surface area contributed by atoms with Crippen LogP contribution in [0.2, 0.25) is 5.02 Å². The van der Waals surface area contributed by atoms with Crippen molar-refractivity contribution in [3.05, 3.63) is 34.9 Å². The first-order chi connectivity index (χ1) is 11.5. The third-order valence-electron chi connectivity index (χ3n) is 4.36. The lowest BCUT2D eigenvalue weighted by Gasteiger charge is -2.42. The average Bonchev–Trinajstić information content (AvgIpc) is 2.55. The molecular weight excluding hydrogens is 326 g/mol. The number of ether oxygens (including phenoxy) is 1. The SMILES string of the molecule is CCC[C@@H](CN1CC(OCC#N)C1)N(C)C(=O)c1ccc(Cl)cc1. The smallest absolute Gasteiger partial charge is 0.253 e. The topological polar surface area (TPSA) is 56.6 Å². The molecule has 0 aliphatic carbocycles. The molecule has 2 rings (SSSR count). The molecule has 24 heavy (non-hydrogen) atoms. The maximum absolute atomic E-state index is 12.7. The number of benzene rings is 1. The lowest BCUT2D eigenvalue weighted by atomic mass is 10.0. The Hall–Kier alpha value is -1.61. The van der Waals surface area contributed by atoms with Gasteiger partial charge >= 0.3 is 0 Å². The molecule has 1 atom stereocenters. The summed E-state index contributed by atoms with van der Waals surface area (Å²) in [6, 6.07) is 9.16. The molecule has 1 amide bonds. The number of nitrogens with zero attached hydrogens (tertiary/aromatic N) is 3. The van der Waals surface area contributed by atoms with Crippen LogP contribution in [0.3, 0.4) is 0 Å². The van der Waals surface area contributed by atoms with Crippen molar-refractivity contribution in [1.29, 1.82) is 5.26 Å². The van der Waals surface area contributed by atoms with E-state index in [0.717, 1.165) is 32.5 Å². The molecule has 0 aromatic heterocycles. The van der Waals surface area contributed by atoms with Crippen molar-refractivity contribution in [1.82, 2.24) is 9.80 Å². The predicted octanol–water partition coefficient (Wildman–Crippen LogP) is 2.81. The van der Waals surface area contributed by atoms with Crippen molar-refractivity contribution in [2.24, 2.45) is 0 Å². The van der Waals surface area contributed by atoms with Crippen LogP contribution in [-0.2, 0) is 4.74 Å². The molecule has 0 radical (unpaired) electrons. The van der Waals surface area contributed by atoms with Crippen LogP contribution >= 0.6 is 11.6 Å². The van der Waals surface area contributed by atoms with Gasteiger partial charge < -0.3 is 9.64 Å². The van der Waals surface area contributed by atoms with Gasteiger partial charge in [0.25, 0.3) is 5.91 Å². The zero-order valence-corrected chi connectivity index (χ0v) is 15.0. The van der Waals surface area contributed by atoms with Gasteiger partial charge in [0, 0.05) is 43.3 Å². The molecule has 6 heteroatoms. The van der Waals surface area contributed by atoms with Crippen molar-refractivity contribution < 1.29 is 9.53 Å². The minimum absolute atomic E-state index is 0.0166. The largest absolute Gasteiger partial charge is 0.361 e. The number of amides is 1. The summed E-state index contributed by atoms with van der Waals surface area (Å²) in [4.78, 5) is 16.8. The fourth-order valence-corrected chi connectivity index (χ4v) is 3.06. The Balaban J connectivity index is 1.91. The van der Waals surface area contributed by atoms with E-state index in [1.807, 2.05) is 18.0 Å². The molecule has 0 bridgehead atoms. The highest BCUT2D eigenvalue weighted by molar-refractivity contribution is 6.30. The van der Waals surface area contributed by atoms with Crippen molar-refractivity contribution >= 4 is 17.5 Å². The van der Waals surface area contributed by atoms with Crippen molar-refractivity contribution in [3.63, 3.8) is 0 Å². The summed E-state index contributed by atoms with van der Waals surface area (Å²) < 4.78 is 5.39. The number of halogens is 1. The highest BCUT2D eigenvalue weighted by Gasteiger charge is 2.31. The molecule has 0 unspecified atom stereocenters. The van der Waals surface area contributed by atoms with Crippen LogP contribution in [0.25, 0.3) is 0 Å². The van der Waals surface area contributed by atoms with Gasteiger partial charge in [-0.25, -0.2) is 0 Å². The molecule has 1 heterocycles. The third kappa shape index (κ3) is 4.94. The van der Waals surface area contributed by atoms with Gasteiger partial charge in [0.05, 0.1) is 12.2 Å². The van der Waals surface area contributed by atoms with Crippen molar-refractivity contribution in [2.75, 3.05) is 33.3 Å². The second kappa shape index (κ2) is 9.03. The number of nitriles is 1. The van der Waals surface area contributed by atoms with E-state index in [1.54, 1.807) is 24.3 Å². The van der Waals surface area contributed by atoms with Gasteiger partial charge in [-0.3, -0.25) is 9.69 Å². The second-order valence-electron chi connectivity index (χ2n) is 6.18. The van der Waals surface area contributed by atoms with Gasteiger partial charge in [-0.2, -0.15) is 5.26 Å². The maximum Gasteiger partial charge on any atom is 0.253 e. The van der Waals surface area contributed by atoms with Crippen molar-refractivity contribution in [3.8, 4) is 6.07 Å². The minimum atomic E-state index is 0.0166. The van der Waals surface area contributed by atoms with Crippen LogP contribution in [0, 0.1) is 11.3 Å². The number of likely N-dealkylation sites (tertiary alicyclic amines) is 1. The summed E-state index contributed by atoms with van der Waals surface area (Å²) in [5.41, 5.74) is 0.654. The fourth-order valence-electron chi connectivity index (χ4n) is 2.93. The normalized spacial score (nSPS) is 16.2. The fraction of sp³-hybridized carbons (Fsp3) is 0.556. The van der Waals surface area contributed by atoms with Crippen LogP contribution in [0.15, 0.2) is 24.3 Å². The third-order valence-corrected chi connectivity index (χ3v) is 4.61. The molecule has 0 saturated carbocycles. The van der Waals surface area contributed by atoms with Crippen LogP contribution in [0.5, 0.6) is 0 Å². The molecule has 1 saturated heterocycles. The summed E-state index contributed by atoms with van der Waals surface area (Å²) in [5, 5.41) is 9.16. The molecular formula is C18H24ClN3O2. The zero-order chi connectivity index (χ0) is 17.5. The van der Waals surface area contributed by atoms with E-state index in [-0.39, 0.29) is 24.7 Å². The molecule has 0 N–H and O–H groups in total. The summed E-state index contributed by atoms with van der Waals surface area (Å²) >= 11 is 5.89. The van der Waals surface area contributed by atoms with Gasteiger partial charge in [-0.05, 0) is 30.7 Å². The van der Waals surface area contributed by atoms with E-state index in [2.05, 4.69) is 11.8 Å². The molecule has 5 nitrogen and oxygen atoms in total. The molecule has 1 aromatic carbocycles. The summed E-state index contributed by atoms with van der Waals surface area (Å²) in [5.74, 6) is 0.0166. The van der Waals surface area contributed by atoms with Gasteiger partial charge in [0.2, 0.25) is 0 Å². The standard InChI is InChI=1S/C18H24ClN3O2/c1-3-4-16(11-22-12-17(13-22)24-10-9-20)21(2)18(23)14-5-7-15(19)8-6-14/h5-8,16-17H,3-4,10-13H2,1-2H3/t16-/m0/s1. The Morgan fingerprint density at radius 1 is 1.46 bits per heavy atom. The molecule has 1 fully saturated rings. The summed E-state index contributed by atoms with van der Waals surface area (Å²) in [6.07, 6.45) is 2.12. The molecule has 1 aliphatic heterocycles. The monoisotopic (exact) mass is 349 g/mol. The van der Waals surface area contributed by atoms with Gasteiger partial charge in [0.1, 0.15) is 6.61 Å². The lowest BCUT2D eigenvalue weighted by molar-refractivity contribution is -0.0499. The highest BCUT2D eigenvalue weighted by Crippen LogP contribution is 2.18. The molecule has 1 aromatic rings. The van der Waals surface area contributed by atoms with Gasteiger partial charge in [0.15, 0.2) is 0 Å². The minimum Gasteiger partial charge on any atom is -0.361 e. The molecule has 130 valence electrons. The first kappa shape index (κ1) is 18.7. The highest BCUT2D eigenvalue weighted by atomic mass is 35.5. The van der Waals surface area contributed by atoms with E-state index in [9.17, 15) is 4.79 Å². The molecule has 1 aliphatic rings.